The predicted molar refractivity (Wildman–Crippen MR) is 66.4 cm³/mol. The van der Waals surface area contributed by atoms with E-state index in [0.29, 0.717) is 12.0 Å². The maximum absolute atomic E-state index is 11.7. The SMILES string of the molecule is COC(=O)[C@@](C)(Cc1cccc([N+](=O)[O-])c1)NC=O. The van der Waals surface area contributed by atoms with E-state index in [-0.39, 0.29) is 12.1 Å². The molecule has 1 N–H and O–H groups in total. The van der Waals surface area contributed by atoms with Crippen LogP contribution in [0.3, 0.4) is 0 Å². The normalized spacial score (nSPS) is 13.2. The number of hydrogen-bond acceptors (Lipinski definition) is 5. The van der Waals surface area contributed by atoms with Gasteiger partial charge in [0.2, 0.25) is 6.41 Å². The van der Waals surface area contributed by atoms with E-state index in [1.54, 1.807) is 6.07 Å². The van der Waals surface area contributed by atoms with E-state index in [1.807, 2.05) is 0 Å². The van der Waals surface area contributed by atoms with E-state index in [0.717, 1.165) is 0 Å². The summed E-state index contributed by atoms with van der Waals surface area (Å²) >= 11 is 0. The second-order valence-electron chi connectivity index (χ2n) is 4.19. The first-order valence-electron chi connectivity index (χ1n) is 5.46. The molecule has 0 saturated heterocycles. The molecule has 0 aliphatic rings. The summed E-state index contributed by atoms with van der Waals surface area (Å²) in [4.78, 5) is 32.4. The quantitative estimate of drug-likeness (QED) is 0.355. The van der Waals surface area contributed by atoms with Crippen molar-refractivity contribution in [2.45, 2.75) is 18.9 Å². The molecule has 0 aromatic heterocycles. The number of amides is 1. The lowest BCUT2D eigenvalue weighted by molar-refractivity contribution is -0.384. The predicted octanol–water partition coefficient (Wildman–Crippen LogP) is 0.815. The Morgan fingerprint density at radius 3 is 2.79 bits per heavy atom. The van der Waals surface area contributed by atoms with Crippen LogP contribution in [0.1, 0.15) is 12.5 Å². The minimum atomic E-state index is -1.26. The Balaban J connectivity index is 3.03. The molecule has 1 rings (SSSR count). The average molecular weight is 266 g/mol. The van der Waals surface area contributed by atoms with Gasteiger partial charge in [0.05, 0.1) is 12.0 Å². The highest BCUT2D eigenvalue weighted by molar-refractivity contribution is 5.83. The van der Waals surface area contributed by atoms with E-state index in [4.69, 9.17) is 0 Å². The minimum absolute atomic E-state index is 0.0733. The third kappa shape index (κ3) is 3.51. The second-order valence-corrected chi connectivity index (χ2v) is 4.19. The van der Waals surface area contributed by atoms with Gasteiger partial charge < -0.3 is 10.1 Å². The van der Waals surface area contributed by atoms with Gasteiger partial charge in [0, 0.05) is 18.6 Å². The zero-order chi connectivity index (χ0) is 14.5. The number of nitro benzene ring substituents is 1. The lowest BCUT2D eigenvalue weighted by Gasteiger charge is -2.25. The van der Waals surface area contributed by atoms with E-state index in [9.17, 15) is 19.7 Å². The van der Waals surface area contributed by atoms with E-state index in [2.05, 4.69) is 10.1 Å². The van der Waals surface area contributed by atoms with Crippen molar-refractivity contribution >= 4 is 18.1 Å². The maximum atomic E-state index is 11.7. The molecule has 0 bridgehead atoms. The van der Waals surface area contributed by atoms with Crippen LogP contribution in [0.15, 0.2) is 24.3 Å². The molecule has 0 heterocycles. The van der Waals surface area contributed by atoms with Crippen molar-refractivity contribution in [1.82, 2.24) is 5.32 Å². The zero-order valence-corrected chi connectivity index (χ0v) is 10.6. The molecule has 1 aromatic rings. The summed E-state index contributed by atoms with van der Waals surface area (Å²) < 4.78 is 4.62. The molecule has 0 unspecified atom stereocenters. The standard InChI is InChI=1S/C12H14N2O5/c1-12(13-8-15,11(16)19-2)7-9-4-3-5-10(6-9)14(17)18/h3-6,8H,7H2,1-2H3,(H,13,15)/t12-/m1/s1. The van der Waals surface area contributed by atoms with Gasteiger partial charge in [-0.05, 0) is 12.5 Å². The number of nitrogens with zero attached hydrogens (tertiary/aromatic N) is 1. The first kappa shape index (κ1) is 14.6. The highest BCUT2D eigenvalue weighted by atomic mass is 16.6. The molecule has 0 aliphatic carbocycles. The topological polar surface area (TPSA) is 98.5 Å². The molecule has 0 spiro atoms. The number of non-ortho nitro benzene ring substituents is 1. The van der Waals surface area contributed by atoms with Crippen molar-refractivity contribution in [3.05, 3.63) is 39.9 Å². The number of benzene rings is 1. The lowest BCUT2D eigenvalue weighted by Crippen LogP contribution is -2.51. The number of methoxy groups -OCH3 is 1. The number of carbonyl (C=O) groups is 2. The van der Waals surface area contributed by atoms with Gasteiger partial charge in [-0.2, -0.15) is 0 Å². The van der Waals surface area contributed by atoms with Crippen LogP contribution in [-0.4, -0.2) is 30.0 Å². The first-order chi connectivity index (χ1) is 8.92. The van der Waals surface area contributed by atoms with Crippen LogP contribution in [0.4, 0.5) is 5.69 Å². The number of hydrogen-bond donors (Lipinski definition) is 1. The van der Waals surface area contributed by atoms with Gasteiger partial charge in [0.15, 0.2) is 0 Å². The van der Waals surface area contributed by atoms with Gasteiger partial charge >= 0.3 is 5.97 Å². The second kappa shape index (κ2) is 5.94. The first-order valence-corrected chi connectivity index (χ1v) is 5.46. The fourth-order valence-electron chi connectivity index (χ4n) is 1.73. The molecule has 1 atom stereocenters. The summed E-state index contributed by atoms with van der Waals surface area (Å²) in [6.07, 6.45) is 0.494. The van der Waals surface area contributed by atoms with Crippen LogP contribution < -0.4 is 5.32 Å². The Morgan fingerprint density at radius 2 is 2.26 bits per heavy atom. The van der Waals surface area contributed by atoms with Gasteiger partial charge in [-0.15, -0.1) is 0 Å². The van der Waals surface area contributed by atoms with E-state index < -0.39 is 16.4 Å². The van der Waals surface area contributed by atoms with Crippen LogP contribution in [-0.2, 0) is 20.7 Å². The molecule has 102 valence electrons. The number of carbonyl (C=O) groups excluding carboxylic acids is 2. The van der Waals surface area contributed by atoms with Crippen molar-refractivity contribution in [2.75, 3.05) is 7.11 Å². The van der Waals surface area contributed by atoms with Crippen LogP contribution in [0, 0.1) is 10.1 Å². The molecule has 0 saturated carbocycles. The molecule has 0 fully saturated rings. The van der Waals surface area contributed by atoms with Gasteiger partial charge in [-0.3, -0.25) is 14.9 Å². The molecule has 7 nitrogen and oxygen atoms in total. The van der Waals surface area contributed by atoms with Crippen molar-refractivity contribution < 1.29 is 19.2 Å². The number of ether oxygens (including phenoxy) is 1. The highest BCUT2D eigenvalue weighted by Gasteiger charge is 2.34. The monoisotopic (exact) mass is 266 g/mol. The van der Waals surface area contributed by atoms with Crippen LogP contribution in [0.25, 0.3) is 0 Å². The van der Waals surface area contributed by atoms with Gasteiger partial charge in [-0.25, -0.2) is 4.79 Å². The van der Waals surface area contributed by atoms with Crippen molar-refractivity contribution in [1.29, 1.82) is 0 Å². The van der Waals surface area contributed by atoms with E-state index >= 15 is 0 Å². The Labute approximate surface area is 109 Å². The number of esters is 1. The maximum Gasteiger partial charge on any atom is 0.331 e. The summed E-state index contributed by atoms with van der Waals surface area (Å²) in [5.74, 6) is -0.619. The molecule has 0 aliphatic heterocycles. The average Bonchev–Trinajstić information content (AvgIpc) is 2.38. The number of nitrogens with one attached hydrogen (secondary N) is 1. The summed E-state index contributed by atoms with van der Waals surface area (Å²) in [6, 6.07) is 5.87. The van der Waals surface area contributed by atoms with Gasteiger partial charge in [-0.1, -0.05) is 12.1 Å². The molecular weight excluding hydrogens is 252 g/mol. The minimum Gasteiger partial charge on any atom is -0.467 e. The zero-order valence-electron chi connectivity index (χ0n) is 10.6. The van der Waals surface area contributed by atoms with Crippen molar-refractivity contribution in [2.24, 2.45) is 0 Å². The molecule has 1 amide bonds. The smallest absolute Gasteiger partial charge is 0.331 e. The summed E-state index contributed by atoms with van der Waals surface area (Å²) in [5.41, 5.74) is -0.779. The molecule has 0 radical (unpaired) electrons. The number of rotatable bonds is 6. The summed E-state index contributed by atoms with van der Waals surface area (Å²) in [5, 5.41) is 13.1. The Hall–Kier alpha value is -2.44. The molecule has 7 heteroatoms. The van der Waals surface area contributed by atoms with Crippen molar-refractivity contribution in [3.8, 4) is 0 Å². The Bertz CT molecular complexity index is 503. The van der Waals surface area contributed by atoms with Gasteiger partial charge in [0.25, 0.3) is 5.69 Å². The summed E-state index contributed by atoms with van der Waals surface area (Å²) in [7, 11) is 1.21. The number of nitro groups is 1. The highest BCUT2D eigenvalue weighted by Crippen LogP contribution is 2.19. The molecular formula is C12H14N2O5. The third-order valence-corrected chi connectivity index (χ3v) is 2.69. The fraction of sp³-hybridized carbons (Fsp3) is 0.333. The van der Waals surface area contributed by atoms with Crippen LogP contribution >= 0.6 is 0 Å². The Kier molecular flexibility index (Phi) is 4.57. The van der Waals surface area contributed by atoms with Gasteiger partial charge in [0.1, 0.15) is 5.54 Å². The third-order valence-electron chi connectivity index (χ3n) is 2.69. The lowest BCUT2D eigenvalue weighted by atomic mass is 9.93. The molecule has 19 heavy (non-hydrogen) atoms. The van der Waals surface area contributed by atoms with E-state index in [1.165, 1.54) is 32.2 Å². The van der Waals surface area contributed by atoms with Crippen LogP contribution in [0.2, 0.25) is 0 Å². The van der Waals surface area contributed by atoms with Crippen LogP contribution in [0.5, 0.6) is 0 Å². The Morgan fingerprint density at radius 1 is 1.58 bits per heavy atom. The molecule has 1 aromatic carbocycles. The van der Waals surface area contributed by atoms with Crippen molar-refractivity contribution in [3.63, 3.8) is 0 Å². The summed E-state index contributed by atoms with van der Waals surface area (Å²) in [6.45, 7) is 1.49. The largest absolute Gasteiger partial charge is 0.467 e. The fourth-order valence-corrected chi connectivity index (χ4v) is 1.73.